The highest BCUT2D eigenvalue weighted by Crippen LogP contribution is 2.31. The van der Waals surface area contributed by atoms with Crippen LogP contribution in [0.5, 0.6) is 0 Å². The molecule has 3 aromatic rings. The number of amides is 1. The van der Waals surface area contributed by atoms with Crippen LogP contribution in [0.2, 0.25) is 0 Å². The molecular formula is C22H23N4OS+. The highest BCUT2D eigenvalue weighted by molar-refractivity contribution is 7.18. The van der Waals surface area contributed by atoms with Gasteiger partial charge in [0, 0.05) is 18.8 Å². The second-order valence-corrected chi connectivity index (χ2v) is 8.38. The van der Waals surface area contributed by atoms with Gasteiger partial charge in [0.25, 0.3) is 5.91 Å². The van der Waals surface area contributed by atoms with E-state index in [1.54, 1.807) is 29.5 Å². The standard InChI is InChI=1S/C22H22N4OS/c1-15(21(27)24-18-7-3-2-6-17(18)14-23)26-12-10-16(11-13-26)22-25-19-8-4-5-9-20(19)28-22/h2-9,15-16H,10-13H2,1H3,(H,24,27)/p+1/t15-/m1/s1. The number of carbonyl (C=O) groups is 1. The van der Waals surface area contributed by atoms with E-state index >= 15 is 0 Å². The molecule has 0 bridgehead atoms. The normalized spacial score (nSPS) is 20.4. The van der Waals surface area contributed by atoms with Crippen molar-refractivity contribution >= 4 is 33.1 Å². The molecule has 142 valence electrons. The number of thiazole rings is 1. The van der Waals surface area contributed by atoms with Gasteiger partial charge in [0.2, 0.25) is 0 Å². The molecule has 1 fully saturated rings. The summed E-state index contributed by atoms with van der Waals surface area (Å²) in [5.41, 5.74) is 2.17. The summed E-state index contributed by atoms with van der Waals surface area (Å²) >= 11 is 1.80. The number of fused-ring (bicyclic) bond motifs is 1. The predicted molar refractivity (Wildman–Crippen MR) is 112 cm³/mol. The van der Waals surface area contributed by atoms with Crippen LogP contribution in [0.15, 0.2) is 48.5 Å². The fourth-order valence-electron chi connectivity index (χ4n) is 3.85. The van der Waals surface area contributed by atoms with E-state index in [0.29, 0.717) is 17.2 Å². The molecule has 0 unspecified atom stereocenters. The van der Waals surface area contributed by atoms with Gasteiger partial charge in [0.15, 0.2) is 6.04 Å². The largest absolute Gasteiger partial charge is 0.325 e. The van der Waals surface area contributed by atoms with Crippen LogP contribution in [-0.2, 0) is 4.79 Å². The van der Waals surface area contributed by atoms with E-state index in [9.17, 15) is 10.1 Å². The summed E-state index contributed by atoms with van der Waals surface area (Å²) in [6.45, 7) is 3.88. The lowest BCUT2D eigenvalue weighted by Crippen LogP contribution is -3.17. The van der Waals surface area contributed by atoms with Crippen molar-refractivity contribution in [3.05, 3.63) is 59.1 Å². The third-order valence-corrected chi connectivity index (χ3v) is 6.80. The highest BCUT2D eigenvalue weighted by Gasteiger charge is 2.32. The van der Waals surface area contributed by atoms with Gasteiger partial charge in [-0.15, -0.1) is 11.3 Å². The Balaban J connectivity index is 1.37. The Bertz CT molecular complexity index is 997. The minimum Gasteiger partial charge on any atom is -0.325 e. The second-order valence-electron chi connectivity index (χ2n) is 7.32. The summed E-state index contributed by atoms with van der Waals surface area (Å²) in [7, 11) is 0. The molecule has 1 aliphatic heterocycles. The van der Waals surface area contributed by atoms with Crippen LogP contribution in [0.3, 0.4) is 0 Å². The van der Waals surface area contributed by atoms with Crippen molar-refractivity contribution in [3.8, 4) is 6.07 Å². The molecule has 4 rings (SSSR count). The molecule has 5 nitrogen and oxygen atoms in total. The average Bonchev–Trinajstić information content (AvgIpc) is 3.18. The van der Waals surface area contributed by atoms with E-state index < -0.39 is 0 Å². The van der Waals surface area contributed by atoms with E-state index in [0.717, 1.165) is 31.4 Å². The number of anilines is 1. The summed E-state index contributed by atoms with van der Waals surface area (Å²) in [4.78, 5) is 18.8. The van der Waals surface area contributed by atoms with E-state index in [2.05, 4.69) is 29.6 Å². The number of nitrogens with zero attached hydrogens (tertiary/aromatic N) is 2. The number of likely N-dealkylation sites (tertiary alicyclic amines) is 1. The first kappa shape index (κ1) is 18.6. The Labute approximate surface area is 168 Å². The van der Waals surface area contributed by atoms with Crippen molar-refractivity contribution in [2.24, 2.45) is 0 Å². The molecule has 28 heavy (non-hydrogen) atoms. The number of benzene rings is 2. The minimum absolute atomic E-state index is 0.0314. The molecule has 1 amide bonds. The first-order chi connectivity index (χ1) is 13.7. The van der Waals surface area contributed by atoms with Crippen LogP contribution < -0.4 is 10.2 Å². The zero-order valence-electron chi connectivity index (χ0n) is 15.8. The van der Waals surface area contributed by atoms with Crippen LogP contribution in [0.4, 0.5) is 5.69 Å². The molecule has 1 aliphatic rings. The van der Waals surface area contributed by atoms with Gasteiger partial charge in [-0.3, -0.25) is 4.79 Å². The monoisotopic (exact) mass is 391 g/mol. The topological polar surface area (TPSA) is 70.2 Å². The van der Waals surface area contributed by atoms with Crippen molar-refractivity contribution in [1.82, 2.24) is 4.98 Å². The van der Waals surface area contributed by atoms with Crippen molar-refractivity contribution in [2.45, 2.75) is 31.7 Å². The van der Waals surface area contributed by atoms with E-state index in [4.69, 9.17) is 4.98 Å². The molecule has 2 N–H and O–H groups in total. The minimum atomic E-state index is -0.150. The third-order valence-electron chi connectivity index (χ3n) is 5.60. The van der Waals surface area contributed by atoms with Gasteiger partial charge in [-0.1, -0.05) is 24.3 Å². The van der Waals surface area contributed by atoms with E-state index in [-0.39, 0.29) is 11.9 Å². The third kappa shape index (κ3) is 3.77. The smallest absolute Gasteiger partial charge is 0.282 e. The van der Waals surface area contributed by atoms with E-state index in [1.165, 1.54) is 14.6 Å². The molecular weight excluding hydrogens is 368 g/mol. The molecule has 6 heteroatoms. The lowest BCUT2D eigenvalue weighted by Gasteiger charge is -2.31. The number of carbonyl (C=O) groups excluding carboxylic acids is 1. The van der Waals surface area contributed by atoms with Crippen LogP contribution >= 0.6 is 11.3 Å². The molecule has 1 atom stereocenters. The Morgan fingerprint density at radius 1 is 1.21 bits per heavy atom. The zero-order chi connectivity index (χ0) is 19.5. The maximum atomic E-state index is 12.7. The van der Waals surface area contributed by atoms with Crippen molar-refractivity contribution in [1.29, 1.82) is 5.26 Å². The SMILES string of the molecule is C[C@H](C(=O)Nc1ccccc1C#N)[NH+]1CCC(c2nc3ccccc3s2)CC1. The number of aromatic nitrogens is 1. The van der Waals surface area contributed by atoms with Gasteiger partial charge in [0.05, 0.1) is 39.6 Å². The number of quaternary nitrogens is 1. The molecule has 0 aliphatic carbocycles. The lowest BCUT2D eigenvalue weighted by atomic mass is 9.96. The van der Waals surface area contributed by atoms with Gasteiger partial charge >= 0.3 is 0 Å². The highest BCUT2D eigenvalue weighted by atomic mass is 32.1. The number of hydrogen-bond acceptors (Lipinski definition) is 4. The van der Waals surface area contributed by atoms with Gasteiger partial charge in [-0.25, -0.2) is 4.98 Å². The Morgan fingerprint density at radius 3 is 2.68 bits per heavy atom. The van der Waals surface area contributed by atoms with Gasteiger partial charge in [0.1, 0.15) is 6.07 Å². The fraction of sp³-hybridized carbons (Fsp3) is 0.318. The number of hydrogen-bond donors (Lipinski definition) is 2. The fourth-order valence-corrected chi connectivity index (χ4v) is 4.99. The average molecular weight is 392 g/mol. The van der Waals surface area contributed by atoms with E-state index in [1.807, 2.05) is 19.1 Å². The van der Waals surface area contributed by atoms with Gasteiger partial charge in [-0.2, -0.15) is 5.26 Å². The first-order valence-corrected chi connectivity index (χ1v) is 10.5. The number of rotatable bonds is 4. The maximum absolute atomic E-state index is 12.7. The number of nitrogens with one attached hydrogen (secondary N) is 2. The summed E-state index contributed by atoms with van der Waals surface area (Å²) in [5, 5.41) is 13.3. The number of para-hydroxylation sites is 2. The molecule has 0 saturated carbocycles. The van der Waals surface area contributed by atoms with Crippen LogP contribution in [-0.4, -0.2) is 30.0 Å². The molecule has 2 aromatic carbocycles. The Hall–Kier alpha value is -2.75. The van der Waals surface area contributed by atoms with Crippen LogP contribution in [0.25, 0.3) is 10.2 Å². The first-order valence-electron chi connectivity index (χ1n) is 9.65. The quantitative estimate of drug-likeness (QED) is 0.718. The molecule has 1 saturated heterocycles. The summed E-state index contributed by atoms with van der Waals surface area (Å²) in [5.74, 6) is 0.451. The van der Waals surface area contributed by atoms with Gasteiger partial charge in [-0.05, 0) is 31.2 Å². The Morgan fingerprint density at radius 2 is 1.93 bits per heavy atom. The summed E-state index contributed by atoms with van der Waals surface area (Å²) < 4.78 is 1.25. The number of piperidine rings is 1. The maximum Gasteiger partial charge on any atom is 0.282 e. The van der Waals surface area contributed by atoms with Crippen molar-refractivity contribution in [2.75, 3.05) is 18.4 Å². The summed E-state index contributed by atoms with van der Waals surface area (Å²) in [6, 6.07) is 17.4. The van der Waals surface area contributed by atoms with Crippen molar-refractivity contribution < 1.29 is 9.69 Å². The zero-order valence-corrected chi connectivity index (χ0v) is 16.6. The molecule has 0 radical (unpaired) electrons. The number of nitriles is 1. The lowest BCUT2D eigenvalue weighted by molar-refractivity contribution is -0.919. The van der Waals surface area contributed by atoms with Crippen molar-refractivity contribution in [3.63, 3.8) is 0 Å². The molecule has 2 heterocycles. The summed E-state index contributed by atoms with van der Waals surface area (Å²) in [6.07, 6.45) is 2.09. The Kier molecular flexibility index (Phi) is 5.38. The molecule has 0 spiro atoms. The van der Waals surface area contributed by atoms with Gasteiger partial charge < -0.3 is 10.2 Å². The molecule has 1 aromatic heterocycles. The van der Waals surface area contributed by atoms with Crippen LogP contribution in [0.1, 0.15) is 36.3 Å². The van der Waals surface area contributed by atoms with Crippen LogP contribution in [0, 0.1) is 11.3 Å². The predicted octanol–water partition coefficient (Wildman–Crippen LogP) is 2.96. The second kappa shape index (κ2) is 8.09.